The van der Waals surface area contributed by atoms with E-state index in [-0.39, 0.29) is 36.2 Å². The minimum atomic E-state index is -0.978. The molecule has 0 aromatic heterocycles. The van der Waals surface area contributed by atoms with Crippen LogP contribution in [0.1, 0.15) is 52.4 Å². The standard InChI is InChI=1S/C19H28N2O5/c1-12-6-5-9-20(10-12)16(22)11-26-19(25)13(2)21-17(23)14-7-3-4-8-15(14)18(21)24/h12-15H,3-11H2,1-2H3/t12?,13-,14?,15?/m0/s1. The highest BCUT2D eigenvalue weighted by Gasteiger charge is 2.51. The summed E-state index contributed by atoms with van der Waals surface area (Å²) in [6.45, 7) is 4.63. The first-order chi connectivity index (χ1) is 12.4. The Morgan fingerprint density at radius 1 is 1.08 bits per heavy atom. The summed E-state index contributed by atoms with van der Waals surface area (Å²) in [5, 5.41) is 0. The maximum absolute atomic E-state index is 12.5. The van der Waals surface area contributed by atoms with Crippen molar-refractivity contribution in [2.75, 3.05) is 19.7 Å². The molecule has 0 bridgehead atoms. The summed E-state index contributed by atoms with van der Waals surface area (Å²) in [6, 6.07) is -0.978. The Balaban J connectivity index is 1.55. The number of fused-ring (bicyclic) bond motifs is 1. The van der Waals surface area contributed by atoms with Crippen LogP contribution in [0.25, 0.3) is 0 Å². The van der Waals surface area contributed by atoms with Gasteiger partial charge in [-0.3, -0.25) is 19.3 Å². The van der Waals surface area contributed by atoms with Gasteiger partial charge in [0.05, 0.1) is 11.8 Å². The van der Waals surface area contributed by atoms with Crippen LogP contribution in [0.15, 0.2) is 0 Å². The number of ether oxygens (including phenoxy) is 1. The molecular weight excluding hydrogens is 336 g/mol. The van der Waals surface area contributed by atoms with Crippen molar-refractivity contribution in [1.29, 1.82) is 0 Å². The second kappa shape index (κ2) is 7.76. The SMILES string of the molecule is CC1CCCN(C(=O)COC(=O)[C@H](C)N2C(=O)C3CCCCC3C2=O)C1. The van der Waals surface area contributed by atoms with Crippen molar-refractivity contribution in [3.05, 3.63) is 0 Å². The van der Waals surface area contributed by atoms with Crippen LogP contribution in [0.3, 0.4) is 0 Å². The lowest BCUT2D eigenvalue weighted by Crippen LogP contribution is -2.46. The summed E-state index contributed by atoms with van der Waals surface area (Å²) in [6.07, 6.45) is 5.35. The second-order valence-electron chi connectivity index (χ2n) is 7.91. The van der Waals surface area contributed by atoms with E-state index in [1.54, 1.807) is 4.90 Å². The van der Waals surface area contributed by atoms with Crippen LogP contribution in [0.4, 0.5) is 0 Å². The normalized spacial score (nSPS) is 30.2. The predicted octanol–water partition coefficient (Wildman–Crippen LogP) is 1.35. The van der Waals surface area contributed by atoms with Crippen LogP contribution in [-0.2, 0) is 23.9 Å². The molecule has 7 nitrogen and oxygen atoms in total. The number of carbonyl (C=O) groups excluding carboxylic acids is 4. The zero-order valence-electron chi connectivity index (χ0n) is 15.6. The van der Waals surface area contributed by atoms with Gasteiger partial charge in [-0.05, 0) is 38.5 Å². The van der Waals surface area contributed by atoms with E-state index in [0.717, 1.165) is 30.6 Å². The summed E-state index contributed by atoms with van der Waals surface area (Å²) in [5.41, 5.74) is 0. The van der Waals surface area contributed by atoms with Crippen LogP contribution in [0.5, 0.6) is 0 Å². The highest BCUT2D eigenvalue weighted by molar-refractivity contribution is 6.07. The van der Waals surface area contributed by atoms with Crippen LogP contribution >= 0.6 is 0 Å². The van der Waals surface area contributed by atoms with Gasteiger partial charge in [0.25, 0.3) is 5.91 Å². The number of hydrogen-bond donors (Lipinski definition) is 0. The number of likely N-dealkylation sites (tertiary alicyclic amines) is 2. The van der Waals surface area contributed by atoms with E-state index < -0.39 is 12.0 Å². The first-order valence-electron chi connectivity index (χ1n) is 9.71. The molecule has 2 aliphatic heterocycles. The van der Waals surface area contributed by atoms with Crippen LogP contribution in [0.2, 0.25) is 0 Å². The molecule has 0 radical (unpaired) electrons. The fourth-order valence-corrected chi connectivity index (χ4v) is 4.44. The third kappa shape index (κ3) is 3.62. The summed E-state index contributed by atoms with van der Waals surface area (Å²) in [5.74, 6) is -1.56. The van der Waals surface area contributed by atoms with E-state index in [4.69, 9.17) is 4.74 Å². The van der Waals surface area contributed by atoms with Gasteiger partial charge in [0, 0.05) is 13.1 Å². The number of piperidine rings is 1. The lowest BCUT2D eigenvalue weighted by atomic mass is 9.81. The zero-order valence-corrected chi connectivity index (χ0v) is 15.6. The topological polar surface area (TPSA) is 84.0 Å². The lowest BCUT2D eigenvalue weighted by molar-refractivity contribution is -0.161. The fraction of sp³-hybridized carbons (Fsp3) is 0.789. The monoisotopic (exact) mass is 364 g/mol. The Morgan fingerprint density at radius 3 is 2.27 bits per heavy atom. The second-order valence-corrected chi connectivity index (χ2v) is 7.91. The molecule has 0 spiro atoms. The van der Waals surface area contributed by atoms with Crippen molar-refractivity contribution >= 4 is 23.7 Å². The highest BCUT2D eigenvalue weighted by Crippen LogP contribution is 2.38. The van der Waals surface area contributed by atoms with Gasteiger partial charge in [0.15, 0.2) is 6.61 Å². The Kier molecular flexibility index (Phi) is 5.63. The van der Waals surface area contributed by atoms with Gasteiger partial charge in [-0.15, -0.1) is 0 Å². The number of imide groups is 1. The van der Waals surface area contributed by atoms with Crippen molar-refractivity contribution in [3.63, 3.8) is 0 Å². The van der Waals surface area contributed by atoms with Gasteiger partial charge in [-0.25, -0.2) is 4.79 Å². The van der Waals surface area contributed by atoms with Crippen molar-refractivity contribution in [2.24, 2.45) is 17.8 Å². The van der Waals surface area contributed by atoms with Crippen molar-refractivity contribution in [3.8, 4) is 0 Å². The summed E-state index contributed by atoms with van der Waals surface area (Å²) >= 11 is 0. The molecular formula is C19H28N2O5. The van der Waals surface area contributed by atoms with Gasteiger partial charge in [-0.2, -0.15) is 0 Å². The quantitative estimate of drug-likeness (QED) is 0.555. The van der Waals surface area contributed by atoms with Crippen molar-refractivity contribution in [1.82, 2.24) is 9.80 Å². The van der Waals surface area contributed by atoms with Crippen LogP contribution < -0.4 is 0 Å². The van der Waals surface area contributed by atoms with Crippen molar-refractivity contribution < 1.29 is 23.9 Å². The van der Waals surface area contributed by atoms with E-state index in [1.807, 2.05) is 0 Å². The van der Waals surface area contributed by atoms with E-state index in [0.29, 0.717) is 31.8 Å². The average molecular weight is 364 g/mol. The maximum atomic E-state index is 12.5. The smallest absolute Gasteiger partial charge is 0.329 e. The number of rotatable bonds is 4. The number of carbonyl (C=O) groups is 4. The molecule has 3 unspecified atom stereocenters. The first-order valence-corrected chi connectivity index (χ1v) is 9.71. The van der Waals surface area contributed by atoms with E-state index in [1.165, 1.54) is 6.92 Å². The van der Waals surface area contributed by atoms with Crippen LogP contribution in [0, 0.1) is 17.8 Å². The highest BCUT2D eigenvalue weighted by atomic mass is 16.5. The first kappa shape index (κ1) is 18.9. The molecule has 3 amide bonds. The summed E-state index contributed by atoms with van der Waals surface area (Å²) in [7, 11) is 0. The number of amides is 3. The van der Waals surface area contributed by atoms with E-state index in [2.05, 4.69) is 6.92 Å². The van der Waals surface area contributed by atoms with E-state index in [9.17, 15) is 19.2 Å². The molecule has 2 saturated heterocycles. The largest absolute Gasteiger partial charge is 0.454 e. The zero-order chi connectivity index (χ0) is 18.8. The molecule has 0 aromatic carbocycles. The van der Waals surface area contributed by atoms with Crippen LogP contribution in [-0.4, -0.2) is 59.2 Å². The molecule has 1 saturated carbocycles. The van der Waals surface area contributed by atoms with Gasteiger partial charge < -0.3 is 9.64 Å². The number of hydrogen-bond acceptors (Lipinski definition) is 5. The Bertz CT molecular complexity index is 581. The third-order valence-electron chi connectivity index (χ3n) is 5.95. The Hall–Kier alpha value is -1.92. The third-order valence-corrected chi connectivity index (χ3v) is 5.95. The minimum absolute atomic E-state index is 0.218. The average Bonchev–Trinajstić information content (AvgIpc) is 2.90. The van der Waals surface area contributed by atoms with Crippen molar-refractivity contribution in [2.45, 2.75) is 58.4 Å². The molecule has 3 fully saturated rings. The van der Waals surface area contributed by atoms with E-state index >= 15 is 0 Å². The lowest BCUT2D eigenvalue weighted by Gasteiger charge is -2.31. The Morgan fingerprint density at radius 2 is 1.69 bits per heavy atom. The van der Waals surface area contributed by atoms with Gasteiger partial charge >= 0.3 is 5.97 Å². The van der Waals surface area contributed by atoms with Gasteiger partial charge in [0.1, 0.15) is 6.04 Å². The molecule has 3 aliphatic rings. The molecule has 26 heavy (non-hydrogen) atoms. The maximum Gasteiger partial charge on any atom is 0.329 e. The minimum Gasteiger partial charge on any atom is -0.454 e. The van der Waals surface area contributed by atoms with Gasteiger partial charge in [0.2, 0.25) is 11.8 Å². The summed E-state index contributed by atoms with van der Waals surface area (Å²) < 4.78 is 5.14. The molecule has 144 valence electrons. The molecule has 0 aromatic rings. The predicted molar refractivity (Wildman–Crippen MR) is 92.7 cm³/mol. The fourth-order valence-electron chi connectivity index (χ4n) is 4.44. The molecule has 0 N–H and O–H groups in total. The molecule has 7 heteroatoms. The van der Waals surface area contributed by atoms with Gasteiger partial charge in [-0.1, -0.05) is 19.8 Å². The summed E-state index contributed by atoms with van der Waals surface area (Å²) in [4.78, 5) is 52.4. The molecule has 1 aliphatic carbocycles. The molecule has 4 atom stereocenters. The number of esters is 1. The Labute approximate surface area is 154 Å². The number of nitrogens with zero attached hydrogens (tertiary/aromatic N) is 2. The molecule has 2 heterocycles. The molecule has 3 rings (SSSR count).